The van der Waals surface area contributed by atoms with Crippen LogP contribution in [0, 0.1) is 5.82 Å². The molecule has 1 nitrogen and oxygen atoms in total. The third-order valence-corrected chi connectivity index (χ3v) is 2.74. The maximum atomic E-state index is 13.4. The van der Waals surface area contributed by atoms with E-state index >= 15 is 0 Å². The third-order valence-electron chi connectivity index (χ3n) is 2.38. The van der Waals surface area contributed by atoms with Crippen LogP contribution in [0.5, 0.6) is 0 Å². The molecule has 0 fully saturated rings. The summed E-state index contributed by atoms with van der Waals surface area (Å²) in [5.74, 6) is -0.484. The number of hydrogen-bond acceptors (Lipinski definition) is 1. The zero-order valence-corrected chi connectivity index (χ0v) is 9.98. The highest BCUT2D eigenvalue weighted by molar-refractivity contribution is 6.31. The smallest absolute Gasteiger partial charge is 0.141 e. The first-order valence-corrected chi connectivity index (χ1v) is 5.53. The first-order chi connectivity index (χ1) is 7.54. The van der Waals surface area contributed by atoms with Crippen molar-refractivity contribution in [2.24, 2.45) is 0 Å². The van der Waals surface area contributed by atoms with Crippen LogP contribution in [-0.4, -0.2) is 5.78 Å². The van der Waals surface area contributed by atoms with Crippen LogP contribution in [0.4, 0.5) is 4.39 Å². The summed E-state index contributed by atoms with van der Waals surface area (Å²) in [6.45, 7) is 5.69. The Bertz CT molecular complexity index is 392. The van der Waals surface area contributed by atoms with Gasteiger partial charge in [0.2, 0.25) is 0 Å². The molecule has 0 aliphatic rings. The minimum absolute atomic E-state index is 0.0323. The van der Waals surface area contributed by atoms with Gasteiger partial charge in [0.05, 0.1) is 0 Å². The fourth-order valence-electron chi connectivity index (χ4n) is 1.36. The van der Waals surface area contributed by atoms with Crippen molar-refractivity contribution in [3.05, 3.63) is 46.8 Å². The molecule has 0 amide bonds. The molecule has 3 heteroatoms. The number of hydrogen-bond donors (Lipinski definition) is 0. The van der Waals surface area contributed by atoms with E-state index < -0.39 is 5.82 Å². The van der Waals surface area contributed by atoms with Crippen molar-refractivity contribution in [2.45, 2.75) is 26.2 Å². The first-order valence-electron chi connectivity index (χ1n) is 5.15. The van der Waals surface area contributed by atoms with E-state index in [0.29, 0.717) is 11.4 Å². The Morgan fingerprint density at radius 3 is 2.75 bits per heavy atom. The van der Waals surface area contributed by atoms with Gasteiger partial charge in [-0.3, -0.25) is 4.79 Å². The van der Waals surface area contributed by atoms with Gasteiger partial charge in [-0.25, -0.2) is 4.39 Å². The van der Waals surface area contributed by atoms with Gasteiger partial charge in [-0.2, -0.15) is 0 Å². The number of ketones is 1. The van der Waals surface area contributed by atoms with Gasteiger partial charge in [-0.05, 0) is 18.6 Å². The van der Waals surface area contributed by atoms with Gasteiger partial charge in [0.15, 0.2) is 0 Å². The van der Waals surface area contributed by atoms with Crippen LogP contribution >= 0.6 is 11.6 Å². The number of rotatable bonds is 5. The SMILES string of the molecule is C=C(CC)CC(=O)Cc1c(F)cccc1Cl. The van der Waals surface area contributed by atoms with Crippen LogP contribution in [-0.2, 0) is 11.2 Å². The van der Waals surface area contributed by atoms with E-state index in [0.717, 1.165) is 12.0 Å². The Labute approximate surface area is 99.9 Å². The molecular formula is C13H14ClFO. The summed E-state index contributed by atoms with van der Waals surface area (Å²) in [4.78, 5) is 11.6. The van der Waals surface area contributed by atoms with Crippen LogP contribution in [0.25, 0.3) is 0 Å². The van der Waals surface area contributed by atoms with E-state index in [9.17, 15) is 9.18 Å². The molecule has 0 heterocycles. The van der Waals surface area contributed by atoms with Gasteiger partial charge in [0.25, 0.3) is 0 Å². The topological polar surface area (TPSA) is 17.1 Å². The molecule has 0 N–H and O–H groups in total. The van der Waals surface area contributed by atoms with Crippen molar-refractivity contribution in [2.75, 3.05) is 0 Å². The lowest BCUT2D eigenvalue weighted by atomic mass is 10.0. The van der Waals surface area contributed by atoms with Gasteiger partial charge >= 0.3 is 0 Å². The molecule has 0 unspecified atom stereocenters. The van der Waals surface area contributed by atoms with Gasteiger partial charge < -0.3 is 0 Å². The summed E-state index contributed by atoms with van der Waals surface area (Å²) in [6.07, 6.45) is 1.09. The molecule has 0 aliphatic carbocycles. The molecule has 0 aromatic heterocycles. The lowest BCUT2D eigenvalue weighted by Gasteiger charge is -2.05. The Kier molecular flexibility index (Phi) is 4.69. The molecule has 0 aliphatic heterocycles. The van der Waals surface area contributed by atoms with E-state index in [1.165, 1.54) is 12.1 Å². The second kappa shape index (κ2) is 5.80. The zero-order chi connectivity index (χ0) is 12.1. The highest BCUT2D eigenvalue weighted by Crippen LogP contribution is 2.20. The van der Waals surface area contributed by atoms with Gasteiger partial charge in [0, 0.05) is 23.4 Å². The van der Waals surface area contributed by atoms with Gasteiger partial charge in [0.1, 0.15) is 11.6 Å². The zero-order valence-electron chi connectivity index (χ0n) is 9.22. The first kappa shape index (κ1) is 12.9. The summed E-state index contributed by atoms with van der Waals surface area (Å²) in [7, 11) is 0. The number of carbonyl (C=O) groups is 1. The standard InChI is InChI=1S/C13H14ClFO/c1-3-9(2)7-10(16)8-11-12(14)5-4-6-13(11)15/h4-6H,2-3,7-8H2,1H3. The van der Waals surface area contributed by atoms with Crippen molar-refractivity contribution in [1.82, 2.24) is 0 Å². The predicted octanol–water partition coefficient (Wildman–Crippen LogP) is 3.95. The molecule has 0 bridgehead atoms. The van der Waals surface area contributed by atoms with E-state index in [1.54, 1.807) is 6.07 Å². The van der Waals surface area contributed by atoms with Gasteiger partial charge in [-0.1, -0.05) is 36.7 Å². The lowest BCUT2D eigenvalue weighted by Crippen LogP contribution is -2.06. The fraction of sp³-hybridized carbons (Fsp3) is 0.308. The van der Waals surface area contributed by atoms with E-state index in [2.05, 4.69) is 6.58 Å². The molecule has 1 rings (SSSR count). The summed E-state index contributed by atoms with van der Waals surface area (Å²) in [5, 5.41) is 0.301. The van der Waals surface area contributed by atoms with Crippen molar-refractivity contribution < 1.29 is 9.18 Å². The van der Waals surface area contributed by atoms with Crippen LogP contribution in [0.3, 0.4) is 0 Å². The normalized spacial score (nSPS) is 10.2. The third kappa shape index (κ3) is 3.46. The molecule has 0 radical (unpaired) electrons. The highest BCUT2D eigenvalue weighted by atomic mass is 35.5. The summed E-state index contributed by atoms with van der Waals surface area (Å²) in [6, 6.07) is 4.42. The number of allylic oxidation sites excluding steroid dienone is 1. The highest BCUT2D eigenvalue weighted by Gasteiger charge is 2.12. The second-order valence-corrected chi connectivity index (χ2v) is 4.10. The van der Waals surface area contributed by atoms with Crippen molar-refractivity contribution >= 4 is 17.4 Å². The number of Topliss-reactive ketones (excluding diaryl/α,β-unsaturated/α-hetero) is 1. The fourth-order valence-corrected chi connectivity index (χ4v) is 1.59. The van der Waals surface area contributed by atoms with Crippen molar-refractivity contribution in [3.63, 3.8) is 0 Å². The molecule has 0 saturated carbocycles. The lowest BCUT2D eigenvalue weighted by molar-refractivity contribution is -0.117. The summed E-state index contributed by atoms with van der Waals surface area (Å²) in [5.41, 5.74) is 1.13. The number of carbonyl (C=O) groups excluding carboxylic acids is 1. The monoisotopic (exact) mass is 240 g/mol. The van der Waals surface area contributed by atoms with Crippen LogP contribution in [0.15, 0.2) is 30.4 Å². The predicted molar refractivity (Wildman–Crippen MR) is 64.2 cm³/mol. The molecule has 1 aromatic carbocycles. The molecule has 86 valence electrons. The van der Waals surface area contributed by atoms with E-state index in [-0.39, 0.29) is 17.8 Å². The van der Waals surface area contributed by atoms with Crippen LogP contribution in [0.2, 0.25) is 5.02 Å². The molecule has 16 heavy (non-hydrogen) atoms. The van der Waals surface area contributed by atoms with Crippen LogP contribution < -0.4 is 0 Å². The Hall–Kier alpha value is -1.15. The number of benzene rings is 1. The molecular weight excluding hydrogens is 227 g/mol. The Morgan fingerprint density at radius 2 is 2.19 bits per heavy atom. The maximum Gasteiger partial charge on any atom is 0.141 e. The van der Waals surface area contributed by atoms with E-state index in [4.69, 9.17) is 11.6 Å². The largest absolute Gasteiger partial charge is 0.299 e. The summed E-state index contributed by atoms with van der Waals surface area (Å²) >= 11 is 5.83. The van der Waals surface area contributed by atoms with Crippen LogP contribution in [0.1, 0.15) is 25.3 Å². The summed E-state index contributed by atoms with van der Waals surface area (Å²) < 4.78 is 13.4. The van der Waals surface area contributed by atoms with Crippen molar-refractivity contribution in [3.8, 4) is 0 Å². The maximum absolute atomic E-state index is 13.4. The van der Waals surface area contributed by atoms with E-state index in [1.807, 2.05) is 6.92 Å². The molecule has 0 spiro atoms. The average molecular weight is 241 g/mol. The Balaban J connectivity index is 2.73. The average Bonchev–Trinajstić information content (AvgIpc) is 2.23. The van der Waals surface area contributed by atoms with Gasteiger partial charge in [-0.15, -0.1) is 0 Å². The molecule has 0 saturated heterocycles. The minimum atomic E-state index is -0.428. The molecule has 0 atom stereocenters. The van der Waals surface area contributed by atoms with Crippen molar-refractivity contribution in [1.29, 1.82) is 0 Å². The number of halogens is 2. The molecule has 1 aromatic rings. The minimum Gasteiger partial charge on any atom is -0.299 e. The second-order valence-electron chi connectivity index (χ2n) is 3.70. The Morgan fingerprint density at radius 1 is 1.50 bits per heavy atom. The quantitative estimate of drug-likeness (QED) is 0.713.